The maximum atomic E-state index is 12.3. The van der Waals surface area contributed by atoms with E-state index < -0.39 is 55.0 Å². The van der Waals surface area contributed by atoms with Crippen molar-refractivity contribution < 1.29 is 39.5 Å². The first-order chi connectivity index (χ1) is 16.0. The molecule has 6 atom stereocenters. The number of hydrogen-bond acceptors (Lipinski definition) is 7. The summed E-state index contributed by atoms with van der Waals surface area (Å²) >= 11 is 0. The summed E-state index contributed by atoms with van der Waals surface area (Å²) in [5, 5.41) is 38.2. The second-order valence-electron chi connectivity index (χ2n) is 9.67. The standard InChI is InChI=1S/C25H47NO8/c1-4-18(3)24(34-23(31)15-19(25(32)33)14-22(29)30)21(28)13-17(2)11-9-7-5-6-8-10-12-20(27)16-26/h17-21,24,27-28H,4-16,26H2,1-3H3,(H,29,30)(H,32,33)/t17-,18+,19+,20-,21-,24+/m0/s1. The molecule has 0 saturated carbocycles. The number of carboxylic acid groups (broad SMARTS) is 2. The number of carbonyl (C=O) groups is 3. The topological polar surface area (TPSA) is 167 Å². The third-order valence-corrected chi connectivity index (χ3v) is 6.44. The van der Waals surface area contributed by atoms with Crippen molar-refractivity contribution in [2.45, 2.75) is 116 Å². The number of nitrogens with two attached hydrogens (primary N) is 1. The van der Waals surface area contributed by atoms with Crippen molar-refractivity contribution in [3.8, 4) is 0 Å². The summed E-state index contributed by atoms with van der Waals surface area (Å²) < 4.78 is 5.46. The van der Waals surface area contributed by atoms with Gasteiger partial charge in [-0.3, -0.25) is 14.4 Å². The maximum Gasteiger partial charge on any atom is 0.307 e. The van der Waals surface area contributed by atoms with Gasteiger partial charge in [-0.05, 0) is 31.1 Å². The Bertz CT molecular complexity index is 585. The lowest BCUT2D eigenvalue weighted by molar-refractivity contribution is -0.164. The van der Waals surface area contributed by atoms with E-state index in [0.29, 0.717) is 19.4 Å². The Kier molecular flexibility index (Phi) is 17.7. The second-order valence-corrected chi connectivity index (χ2v) is 9.67. The average molecular weight is 490 g/mol. The van der Waals surface area contributed by atoms with Crippen LogP contribution >= 0.6 is 0 Å². The Balaban J connectivity index is 4.47. The number of aliphatic hydroxyl groups excluding tert-OH is 2. The maximum absolute atomic E-state index is 12.3. The monoisotopic (exact) mass is 489 g/mol. The summed E-state index contributed by atoms with van der Waals surface area (Å²) in [6.45, 7) is 6.15. The van der Waals surface area contributed by atoms with Crippen LogP contribution in [0.15, 0.2) is 0 Å². The minimum absolute atomic E-state index is 0.119. The first kappa shape index (κ1) is 32.3. The first-order valence-corrected chi connectivity index (χ1v) is 12.7. The van der Waals surface area contributed by atoms with Crippen molar-refractivity contribution in [3.05, 3.63) is 0 Å². The third kappa shape index (κ3) is 15.2. The third-order valence-electron chi connectivity index (χ3n) is 6.44. The molecule has 34 heavy (non-hydrogen) atoms. The molecular formula is C25H47NO8. The van der Waals surface area contributed by atoms with Crippen LogP contribution in [0.25, 0.3) is 0 Å². The number of unbranched alkanes of at least 4 members (excludes halogenated alkanes) is 5. The van der Waals surface area contributed by atoms with Crippen molar-refractivity contribution >= 4 is 17.9 Å². The normalized spacial score (nSPS) is 16.8. The van der Waals surface area contributed by atoms with Crippen LogP contribution in [-0.2, 0) is 19.1 Å². The van der Waals surface area contributed by atoms with Gasteiger partial charge in [0.15, 0.2) is 0 Å². The quantitative estimate of drug-likeness (QED) is 0.120. The predicted molar refractivity (Wildman–Crippen MR) is 129 cm³/mol. The SMILES string of the molecule is CC[C@@H](C)[C@@H](OC(=O)C[C@@H](CC(=O)O)C(=O)O)[C@@H](O)C[C@@H](C)CCCCCCCC[C@H](O)CN. The van der Waals surface area contributed by atoms with E-state index in [1.165, 1.54) is 0 Å². The second kappa shape index (κ2) is 18.6. The summed E-state index contributed by atoms with van der Waals surface area (Å²) in [4.78, 5) is 34.4. The molecule has 0 bridgehead atoms. The van der Waals surface area contributed by atoms with Gasteiger partial charge >= 0.3 is 17.9 Å². The Morgan fingerprint density at radius 2 is 1.44 bits per heavy atom. The molecule has 9 heteroatoms. The number of rotatable bonds is 21. The van der Waals surface area contributed by atoms with Crippen LogP contribution in [0.4, 0.5) is 0 Å². The largest absolute Gasteiger partial charge is 0.481 e. The van der Waals surface area contributed by atoms with E-state index in [0.717, 1.165) is 51.4 Å². The average Bonchev–Trinajstić information content (AvgIpc) is 2.77. The van der Waals surface area contributed by atoms with Crippen LogP contribution in [0, 0.1) is 17.8 Å². The van der Waals surface area contributed by atoms with Crippen molar-refractivity contribution in [2.75, 3.05) is 6.54 Å². The molecule has 0 aromatic heterocycles. The molecule has 0 heterocycles. The van der Waals surface area contributed by atoms with E-state index in [1.807, 2.05) is 13.8 Å². The molecule has 0 spiro atoms. The number of ether oxygens (including phenoxy) is 1. The van der Waals surface area contributed by atoms with E-state index >= 15 is 0 Å². The van der Waals surface area contributed by atoms with Crippen molar-refractivity contribution in [3.63, 3.8) is 0 Å². The van der Waals surface area contributed by atoms with E-state index in [-0.39, 0.29) is 11.8 Å². The zero-order chi connectivity index (χ0) is 26.1. The fourth-order valence-electron chi connectivity index (χ4n) is 4.03. The van der Waals surface area contributed by atoms with Gasteiger partial charge in [0.05, 0.1) is 31.0 Å². The van der Waals surface area contributed by atoms with Crippen molar-refractivity contribution in [1.82, 2.24) is 0 Å². The van der Waals surface area contributed by atoms with Gasteiger partial charge in [0, 0.05) is 6.54 Å². The molecule has 200 valence electrons. The van der Waals surface area contributed by atoms with E-state index in [9.17, 15) is 24.6 Å². The van der Waals surface area contributed by atoms with Crippen LogP contribution in [0.3, 0.4) is 0 Å². The molecule has 0 aromatic rings. The Hall–Kier alpha value is -1.71. The zero-order valence-electron chi connectivity index (χ0n) is 21.2. The zero-order valence-corrected chi connectivity index (χ0v) is 21.2. The molecule has 0 saturated heterocycles. The Morgan fingerprint density at radius 1 is 0.882 bits per heavy atom. The number of esters is 1. The highest BCUT2D eigenvalue weighted by molar-refractivity contribution is 5.82. The van der Waals surface area contributed by atoms with Gasteiger partial charge in [0.2, 0.25) is 0 Å². The molecule has 0 amide bonds. The lowest BCUT2D eigenvalue weighted by atomic mass is 9.89. The predicted octanol–water partition coefficient (Wildman–Crippen LogP) is 3.34. The highest BCUT2D eigenvalue weighted by atomic mass is 16.6. The van der Waals surface area contributed by atoms with Crippen molar-refractivity contribution in [2.24, 2.45) is 23.5 Å². The summed E-state index contributed by atoms with van der Waals surface area (Å²) in [5.41, 5.74) is 5.39. The molecule has 9 nitrogen and oxygen atoms in total. The molecule has 0 aliphatic carbocycles. The molecule has 0 rings (SSSR count). The summed E-state index contributed by atoms with van der Waals surface area (Å²) in [7, 11) is 0. The number of carboxylic acids is 2. The van der Waals surface area contributed by atoms with Crippen LogP contribution in [0.1, 0.15) is 97.8 Å². The Labute approximate surface area is 204 Å². The number of hydrogen-bond donors (Lipinski definition) is 5. The molecule has 0 radical (unpaired) electrons. The summed E-state index contributed by atoms with van der Waals surface area (Å²) in [6.07, 6.45) is 6.09. The molecule has 0 unspecified atom stereocenters. The molecule has 6 N–H and O–H groups in total. The van der Waals surface area contributed by atoms with Crippen LogP contribution in [0.5, 0.6) is 0 Å². The highest BCUT2D eigenvalue weighted by Crippen LogP contribution is 2.24. The molecule has 0 fully saturated rings. The first-order valence-electron chi connectivity index (χ1n) is 12.7. The lowest BCUT2D eigenvalue weighted by Crippen LogP contribution is -2.38. The molecule has 0 aromatic carbocycles. The molecule has 0 aliphatic heterocycles. The van der Waals surface area contributed by atoms with Gasteiger partial charge in [-0.2, -0.15) is 0 Å². The number of carbonyl (C=O) groups excluding carboxylic acids is 1. The van der Waals surface area contributed by atoms with Gasteiger partial charge in [-0.15, -0.1) is 0 Å². The van der Waals surface area contributed by atoms with E-state index in [4.69, 9.17) is 20.7 Å². The molecule has 0 aliphatic rings. The number of aliphatic carboxylic acids is 2. The van der Waals surface area contributed by atoms with Crippen LogP contribution in [-0.4, -0.2) is 63.2 Å². The van der Waals surface area contributed by atoms with Crippen LogP contribution in [0.2, 0.25) is 0 Å². The van der Waals surface area contributed by atoms with Gasteiger partial charge in [-0.1, -0.05) is 65.7 Å². The molecular weight excluding hydrogens is 442 g/mol. The van der Waals surface area contributed by atoms with Gasteiger partial charge < -0.3 is 30.9 Å². The minimum Gasteiger partial charge on any atom is -0.481 e. The van der Waals surface area contributed by atoms with Crippen LogP contribution < -0.4 is 5.73 Å². The van der Waals surface area contributed by atoms with Crippen molar-refractivity contribution in [1.29, 1.82) is 0 Å². The van der Waals surface area contributed by atoms with Gasteiger partial charge in [-0.25, -0.2) is 0 Å². The summed E-state index contributed by atoms with van der Waals surface area (Å²) in [5.74, 6) is -4.70. The Morgan fingerprint density at radius 3 is 1.94 bits per heavy atom. The smallest absolute Gasteiger partial charge is 0.307 e. The summed E-state index contributed by atoms with van der Waals surface area (Å²) in [6, 6.07) is 0. The van der Waals surface area contributed by atoms with Gasteiger partial charge in [0.25, 0.3) is 0 Å². The van der Waals surface area contributed by atoms with E-state index in [2.05, 4.69) is 6.92 Å². The van der Waals surface area contributed by atoms with Gasteiger partial charge in [0.1, 0.15) is 6.10 Å². The minimum atomic E-state index is -1.36. The lowest BCUT2D eigenvalue weighted by Gasteiger charge is -2.30. The fourth-order valence-corrected chi connectivity index (χ4v) is 4.03. The van der Waals surface area contributed by atoms with E-state index in [1.54, 1.807) is 0 Å². The number of aliphatic hydroxyl groups is 2. The fraction of sp³-hybridized carbons (Fsp3) is 0.880. The highest BCUT2D eigenvalue weighted by Gasteiger charge is 2.32.